The molecule has 0 spiro atoms. The number of rotatable bonds is 6. The van der Waals surface area contributed by atoms with Gasteiger partial charge >= 0.3 is 5.69 Å². The van der Waals surface area contributed by atoms with Crippen LogP contribution in [0.5, 0.6) is 0 Å². The predicted molar refractivity (Wildman–Crippen MR) is 65.6 cm³/mol. The monoisotopic (exact) mass is 223 g/mol. The first-order chi connectivity index (χ1) is 7.63. The molecule has 16 heavy (non-hydrogen) atoms. The lowest BCUT2D eigenvalue weighted by molar-refractivity contribution is 0.479. The lowest BCUT2D eigenvalue weighted by Gasteiger charge is -2.13. The van der Waals surface area contributed by atoms with Gasteiger partial charge in [-0.1, -0.05) is 13.3 Å². The summed E-state index contributed by atoms with van der Waals surface area (Å²) in [5, 5.41) is 3.39. The highest BCUT2D eigenvalue weighted by Crippen LogP contribution is 1.94. The Morgan fingerprint density at radius 2 is 2.31 bits per heavy atom. The largest absolute Gasteiger partial charge is 0.347 e. The van der Waals surface area contributed by atoms with Gasteiger partial charge < -0.3 is 5.32 Å². The second kappa shape index (κ2) is 6.43. The summed E-state index contributed by atoms with van der Waals surface area (Å²) in [5.74, 6) is 0. The zero-order chi connectivity index (χ0) is 12.0. The van der Waals surface area contributed by atoms with E-state index in [1.807, 2.05) is 13.1 Å². The standard InChI is InChI=1S/C12H21N3O/c1-4-5-11(3)13-6-7-15-9-10(2)8-14-12(15)16/h8-9,11,13H,4-7H2,1-3H3. The molecular weight excluding hydrogens is 202 g/mol. The zero-order valence-electron chi connectivity index (χ0n) is 10.4. The van der Waals surface area contributed by atoms with Gasteiger partial charge in [-0.2, -0.15) is 0 Å². The van der Waals surface area contributed by atoms with Crippen LogP contribution in [-0.4, -0.2) is 22.1 Å². The maximum absolute atomic E-state index is 11.4. The summed E-state index contributed by atoms with van der Waals surface area (Å²) in [6.45, 7) is 7.78. The highest BCUT2D eigenvalue weighted by molar-refractivity contribution is 4.99. The molecular formula is C12H21N3O. The van der Waals surface area contributed by atoms with Crippen LogP contribution >= 0.6 is 0 Å². The van der Waals surface area contributed by atoms with Crippen LogP contribution in [0.3, 0.4) is 0 Å². The summed E-state index contributed by atoms with van der Waals surface area (Å²) in [7, 11) is 0. The van der Waals surface area contributed by atoms with E-state index >= 15 is 0 Å². The van der Waals surface area contributed by atoms with Gasteiger partial charge in [0.05, 0.1) is 0 Å². The molecule has 1 heterocycles. The molecule has 0 saturated heterocycles. The third kappa shape index (κ3) is 4.14. The van der Waals surface area contributed by atoms with E-state index in [9.17, 15) is 4.79 Å². The van der Waals surface area contributed by atoms with Crippen molar-refractivity contribution in [3.63, 3.8) is 0 Å². The highest BCUT2D eigenvalue weighted by atomic mass is 16.1. The molecule has 0 saturated carbocycles. The number of hydrogen-bond donors (Lipinski definition) is 1. The van der Waals surface area contributed by atoms with Crippen LogP contribution in [0.1, 0.15) is 32.3 Å². The quantitative estimate of drug-likeness (QED) is 0.791. The highest BCUT2D eigenvalue weighted by Gasteiger charge is 2.00. The van der Waals surface area contributed by atoms with Crippen LogP contribution in [0, 0.1) is 6.92 Å². The number of nitrogens with one attached hydrogen (secondary N) is 1. The van der Waals surface area contributed by atoms with Gasteiger partial charge in [-0.05, 0) is 25.8 Å². The smallest absolute Gasteiger partial charge is 0.312 e. The molecule has 0 radical (unpaired) electrons. The van der Waals surface area contributed by atoms with Gasteiger partial charge in [-0.25, -0.2) is 9.78 Å². The Morgan fingerprint density at radius 1 is 1.56 bits per heavy atom. The molecule has 1 N–H and O–H groups in total. The molecule has 0 aliphatic carbocycles. The summed E-state index contributed by atoms with van der Waals surface area (Å²) >= 11 is 0. The zero-order valence-corrected chi connectivity index (χ0v) is 10.4. The minimum atomic E-state index is -0.171. The van der Waals surface area contributed by atoms with Crippen molar-refractivity contribution in [3.8, 4) is 0 Å². The summed E-state index contributed by atoms with van der Waals surface area (Å²) < 4.78 is 1.65. The molecule has 1 atom stereocenters. The fourth-order valence-corrected chi connectivity index (χ4v) is 1.69. The average molecular weight is 223 g/mol. The van der Waals surface area contributed by atoms with Crippen LogP contribution < -0.4 is 11.0 Å². The van der Waals surface area contributed by atoms with Gasteiger partial charge in [0, 0.05) is 31.5 Å². The fraction of sp³-hybridized carbons (Fsp3) is 0.667. The molecule has 0 aliphatic rings. The first-order valence-corrected chi connectivity index (χ1v) is 5.90. The first-order valence-electron chi connectivity index (χ1n) is 5.90. The van der Waals surface area contributed by atoms with Crippen molar-refractivity contribution < 1.29 is 0 Å². The minimum Gasteiger partial charge on any atom is -0.312 e. The third-order valence-electron chi connectivity index (χ3n) is 2.55. The van der Waals surface area contributed by atoms with E-state index < -0.39 is 0 Å². The molecule has 90 valence electrons. The molecule has 0 bridgehead atoms. The molecule has 0 amide bonds. The van der Waals surface area contributed by atoms with E-state index in [2.05, 4.69) is 24.1 Å². The van der Waals surface area contributed by atoms with Crippen LogP contribution in [0.15, 0.2) is 17.2 Å². The Bertz CT molecular complexity index is 373. The van der Waals surface area contributed by atoms with Gasteiger partial charge in [0.15, 0.2) is 0 Å². The normalized spacial score (nSPS) is 12.7. The van der Waals surface area contributed by atoms with E-state index in [4.69, 9.17) is 0 Å². The number of hydrogen-bond acceptors (Lipinski definition) is 3. The molecule has 1 rings (SSSR count). The van der Waals surface area contributed by atoms with Crippen molar-refractivity contribution in [2.24, 2.45) is 0 Å². The minimum absolute atomic E-state index is 0.171. The van der Waals surface area contributed by atoms with Crippen LogP contribution in [0.2, 0.25) is 0 Å². The summed E-state index contributed by atoms with van der Waals surface area (Å²) in [4.78, 5) is 15.2. The van der Waals surface area contributed by atoms with Crippen LogP contribution in [0.25, 0.3) is 0 Å². The SMILES string of the molecule is CCCC(C)NCCn1cc(C)cnc1=O. The van der Waals surface area contributed by atoms with Crippen molar-refractivity contribution in [1.29, 1.82) is 0 Å². The van der Waals surface area contributed by atoms with E-state index in [-0.39, 0.29) is 5.69 Å². The van der Waals surface area contributed by atoms with E-state index in [0.29, 0.717) is 12.6 Å². The number of aryl methyl sites for hydroxylation is 1. The van der Waals surface area contributed by atoms with E-state index in [1.54, 1.807) is 10.8 Å². The van der Waals surface area contributed by atoms with Crippen molar-refractivity contribution in [2.45, 2.75) is 46.2 Å². The Morgan fingerprint density at radius 3 is 3.00 bits per heavy atom. The van der Waals surface area contributed by atoms with Gasteiger partial charge in [0.1, 0.15) is 0 Å². The number of aromatic nitrogens is 2. The maximum Gasteiger partial charge on any atom is 0.347 e. The fourth-order valence-electron chi connectivity index (χ4n) is 1.69. The van der Waals surface area contributed by atoms with Gasteiger partial charge in [0.2, 0.25) is 0 Å². The molecule has 4 heteroatoms. The van der Waals surface area contributed by atoms with Crippen LogP contribution in [-0.2, 0) is 6.54 Å². The lowest BCUT2D eigenvalue weighted by Crippen LogP contribution is -2.32. The first kappa shape index (κ1) is 12.9. The van der Waals surface area contributed by atoms with E-state index in [1.165, 1.54) is 12.8 Å². The molecule has 4 nitrogen and oxygen atoms in total. The van der Waals surface area contributed by atoms with Gasteiger partial charge in [0.25, 0.3) is 0 Å². The van der Waals surface area contributed by atoms with Gasteiger partial charge in [-0.3, -0.25) is 4.57 Å². The Labute approximate surface area is 96.7 Å². The molecule has 0 aliphatic heterocycles. The van der Waals surface area contributed by atoms with Crippen molar-refractivity contribution >= 4 is 0 Å². The Kier molecular flexibility index (Phi) is 5.19. The second-order valence-electron chi connectivity index (χ2n) is 4.25. The number of nitrogens with zero attached hydrogens (tertiary/aromatic N) is 2. The predicted octanol–water partition coefficient (Wildman–Crippen LogP) is 1.33. The Balaban J connectivity index is 2.43. The summed E-state index contributed by atoms with van der Waals surface area (Å²) in [6, 6.07) is 0.512. The molecule has 1 unspecified atom stereocenters. The molecule has 0 aromatic carbocycles. The third-order valence-corrected chi connectivity index (χ3v) is 2.55. The van der Waals surface area contributed by atoms with E-state index in [0.717, 1.165) is 12.1 Å². The summed E-state index contributed by atoms with van der Waals surface area (Å²) in [5.41, 5.74) is 0.844. The lowest BCUT2D eigenvalue weighted by atomic mass is 10.2. The molecule has 1 aromatic heterocycles. The average Bonchev–Trinajstić information content (AvgIpc) is 2.23. The van der Waals surface area contributed by atoms with Gasteiger partial charge in [-0.15, -0.1) is 0 Å². The molecule has 1 aromatic rings. The summed E-state index contributed by atoms with van der Waals surface area (Å²) in [6.07, 6.45) is 5.80. The topological polar surface area (TPSA) is 46.9 Å². The Hall–Kier alpha value is -1.16. The van der Waals surface area contributed by atoms with Crippen molar-refractivity contribution in [2.75, 3.05) is 6.54 Å². The second-order valence-corrected chi connectivity index (χ2v) is 4.25. The maximum atomic E-state index is 11.4. The van der Waals surface area contributed by atoms with Crippen LogP contribution in [0.4, 0.5) is 0 Å². The molecule has 0 fully saturated rings. The van der Waals surface area contributed by atoms with Crippen molar-refractivity contribution in [1.82, 2.24) is 14.9 Å². The van der Waals surface area contributed by atoms with Crippen molar-refractivity contribution in [3.05, 3.63) is 28.4 Å².